The largest absolute Gasteiger partial charge is 0.340 e. The van der Waals surface area contributed by atoms with Crippen LogP contribution in [0.25, 0.3) is 10.7 Å². The molecule has 1 aliphatic heterocycles. The molecule has 0 spiro atoms. The molecule has 4 rings (SSSR count). The number of thiophene rings is 1. The number of carbonyl (C=O) groups excluding carboxylic acids is 2. The number of carbonyl (C=O) groups is 2. The summed E-state index contributed by atoms with van der Waals surface area (Å²) in [5, 5.41) is 9.02. The second kappa shape index (κ2) is 11.6. The van der Waals surface area contributed by atoms with Crippen LogP contribution in [-0.2, 0) is 11.3 Å². The number of aromatic nitrogens is 2. The van der Waals surface area contributed by atoms with Gasteiger partial charge in [-0.25, -0.2) is 0 Å². The molecule has 1 unspecified atom stereocenters. The molecule has 1 N–H and O–H groups in total. The Kier molecular flexibility index (Phi) is 8.36. The summed E-state index contributed by atoms with van der Waals surface area (Å²) in [5.41, 5.74) is 1.59. The molecular formula is C24H29N5O3S2. The van der Waals surface area contributed by atoms with Gasteiger partial charge in [-0.15, -0.1) is 11.3 Å². The highest BCUT2D eigenvalue weighted by molar-refractivity contribution is 7.98. The molecular weight excluding hydrogens is 470 g/mol. The third kappa shape index (κ3) is 6.25. The fourth-order valence-electron chi connectivity index (χ4n) is 3.88. The first-order valence-corrected chi connectivity index (χ1v) is 13.5. The molecule has 0 radical (unpaired) electrons. The first-order valence-electron chi connectivity index (χ1n) is 11.3. The number of aryl methyl sites for hydroxylation is 1. The predicted molar refractivity (Wildman–Crippen MR) is 135 cm³/mol. The first kappa shape index (κ1) is 24.4. The molecule has 180 valence electrons. The van der Waals surface area contributed by atoms with Crippen molar-refractivity contribution in [3.05, 3.63) is 58.8 Å². The summed E-state index contributed by atoms with van der Waals surface area (Å²) in [5.74, 6) is 1.76. The molecule has 3 heterocycles. The topological polar surface area (TPSA) is 91.6 Å². The summed E-state index contributed by atoms with van der Waals surface area (Å²) in [6, 6.07) is 10.8. The fraction of sp³-hybridized carbons (Fsp3) is 0.417. The van der Waals surface area contributed by atoms with E-state index < -0.39 is 6.04 Å². The number of nitrogens with zero attached hydrogens (tertiary/aromatic N) is 4. The lowest BCUT2D eigenvalue weighted by molar-refractivity contribution is -0.135. The molecule has 1 aliphatic rings. The molecule has 0 bridgehead atoms. The van der Waals surface area contributed by atoms with E-state index in [1.165, 1.54) is 0 Å². The number of nitrogens with one attached hydrogen (secondary N) is 1. The van der Waals surface area contributed by atoms with E-state index in [2.05, 4.69) is 20.4 Å². The summed E-state index contributed by atoms with van der Waals surface area (Å²) in [7, 11) is 0. The van der Waals surface area contributed by atoms with Crippen molar-refractivity contribution in [2.24, 2.45) is 0 Å². The normalized spacial score (nSPS) is 15.3. The second-order valence-corrected chi connectivity index (χ2v) is 10.2. The Balaban J connectivity index is 1.32. The van der Waals surface area contributed by atoms with Gasteiger partial charge in [0.2, 0.25) is 17.6 Å². The minimum Gasteiger partial charge on any atom is -0.340 e. The van der Waals surface area contributed by atoms with Gasteiger partial charge >= 0.3 is 0 Å². The number of amides is 2. The van der Waals surface area contributed by atoms with Crippen molar-refractivity contribution in [2.75, 3.05) is 38.2 Å². The molecule has 2 amide bonds. The third-order valence-electron chi connectivity index (χ3n) is 5.75. The van der Waals surface area contributed by atoms with Gasteiger partial charge < -0.3 is 14.7 Å². The quantitative estimate of drug-likeness (QED) is 0.483. The van der Waals surface area contributed by atoms with Crippen LogP contribution < -0.4 is 5.32 Å². The Morgan fingerprint density at radius 1 is 1.21 bits per heavy atom. The highest BCUT2D eigenvalue weighted by Crippen LogP contribution is 2.22. The molecule has 1 atom stereocenters. The predicted octanol–water partition coefficient (Wildman–Crippen LogP) is 3.30. The van der Waals surface area contributed by atoms with Crippen LogP contribution in [0.4, 0.5) is 0 Å². The van der Waals surface area contributed by atoms with Gasteiger partial charge in [0.15, 0.2) is 0 Å². The van der Waals surface area contributed by atoms with Gasteiger partial charge in [-0.05, 0) is 48.9 Å². The van der Waals surface area contributed by atoms with Crippen LogP contribution in [-0.4, -0.2) is 76.0 Å². The van der Waals surface area contributed by atoms with Crippen molar-refractivity contribution in [3.63, 3.8) is 0 Å². The zero-order chi connectivity index (χ0) is 23.9. The SMILES string of the molecule is CSCCC(NC(=O)c1cccc(C)c1)C(=O)N1CCN(Cc2nc(-c3cccs3)no2)CC1. The highest BCUT2D eigenvalue weighted by Gasteiger charge is 2.29. The van der Waals surface area contributed by atoms with Crippen molar-refractivity contribution in [1.29, 1.82) is 0 Å². The van der Waals surface area contributed by atoms with E-state index in [1.54, 1.807) is 29.2 Å². The first-order chi connectivity index (χ1) is 16.5. The summed E-state index contributed by atoms with van der Waals surface area (Å²) in [6.45, 7) is 5.12. The number of hydrogen-bond acceptors (Lipinski definition) is 8. The van der Waals surface area contributed by atoms with Gasteiger partial charge in [0.25, 0.3) is 5.91 Å². The van der Waals surface area contributed by atoms with E-state index in [1.807, 2.05) is 53.8 Å². The molecule has 0 aliphatic carbocycles. The molecule has 2 aromatic heterocycles. The Labute approximate surface area is 207 Å². The van der Waals surface area contributed by atoms with Crippen molar-refractivity contribution < 1.29 is 14.1 Å². The number of benzene rings is 1. The summed E-state index contributed by atoms with van der Waals surface area (Å²) < 4.78 is 5.42. The average molecular weight is 500 g/mol. The molecule has 1 fully saturated rings. The van der Waals surface area contributed by atoms with Gasteiger partial charge in [0.05, 0.1) is 11.4 Å². The van der Waals surface area contributed by atoms with Gasteiger partial charge in [0, 0.05) is 31.7 Å². The minimum absolute atomic E-state index is 0.0209. The van der Waals surface area contributed by atoms with Crippen LogP contribution in [0, 0.1) is 6.92 Å². The minimum atomic E-state index is -0.531. The van der Waals surface area contributed by atoms with E-state index in [0.29, 0.717) is 56.4 Å². The second-order valence-electron chi connectivity index (χ2n) is 8.27. The van der Waals surface area contributed by atoms with Crippen LogP contribution >= 0.6 is 23.1 Å². The van der Waals surface area contributed by atoms with Crippen LogP contribution in [0.2, 0.25) is 0 Å². The monoisotopic (exact) mass is 499 g/mol. The van der Waals surface area contributed by atoms with E-state index in [4.69, 9.17) is 4.52 Å². The third-order valence-corrected chi connectivity index (χ3v) is 7.26. The number of hydrogen-bond donors (Lipinski definition) is 1. The summed E-state index contributed by atoms with van der Waals surface area (Å²) in [6.07, 6.45) is 2.61. The zero-order valence-electron chi connectivity index (χ0n) is 19.4. The summed E-state index contributed by atoms with van der Waals surface area (Å²) in [4.78, 5) is 35.6. The number of thioether (sulfide) groups is 1. The van der Waals surface area contributed by atoms with E-state index >= 15 is 0 Å². The van der Waals surface area contributed by atoms with Crippen LogP contribution in [0.1, 0.15) is 28.2 Å². The van der Waals surface area contributed by atoms with Crippen LogP contribution in [0.15, 0.2) is 46.3 Å². The maximum atomic E-state index is 13.3. The van der Waals surface area contributed by atoms with Crippen molar-refractivity contribution >= 4 is 34.9 Å². The number of rotatable bonds is 9. The maximum absolute atomic E-state index is 13.3. The summed E-state index contributed by atoms with van der Waals surface area (Å²) >= 11 is 3.25. The smallest absolute Gasteiger partial charge is 0.251 e. The van der Waals surface area contributed by atoms with Gasteiger partial charge in [-0.2, -0.15) is 16.7 Å². The van der Waals surface area contributed by atoms with Gasteiger partial charge in [-0.3, -0.25) is 14.5 Å². The van der Waals surface area contributed by atoms with Crippen molar-refractivity contribution in [2.45, 2.75) is 25.9 Å². The van der Waals surface area contributed by atoms with Crippen LogP contribution in [0.5, 0.6) is 0 Å². The Morgan fingerprint density at radius 2 is 2.03 bits per heavy atom. The van der Waals surface area contributed by atoms with Crippen molar-refractivity contribution in [1.82, 2.24) is 25.3 Å². The maximum Gasteiger partial charge on any atom is 0.251 e. The molecule has 10 heteroatoms. The number of piperazine rings is 1. The lowest BCUT2D eigenvalue weighted by Gasteiger charge is -2.36. The lowest BCUT2D eigenvalue weighted by atomic mass is 10.1. The molecule has 34 heavy (non-hydrogen) atoms. The molecule has 1 saturated heterocycles. The van der Waals surface area contributed by atoms with E-state index in [-0.39, 0.29) is 11.8 Å². The lowest BCUT2D eigenvalue weighted by Crippen LogP contribution is -2.55. The molecule has 0 saturated carbocycles. The van der Waals surface area contributed by atoms with Crippen LogP contribution in [0.3, 0.4) is 0 Å². The zero-order valence-corrected chi connectivity index (χ0v) is 21.0. The van der Waals surface area contributed by atoms with E-state index in [9.17, 15) is 9.59 Å². The molecule has 8 nitrogen and oxygen atoms in total. The Bertz CT molecular complexity index is 1090. The standard InChI is InChI=1S/C24H29N5O3S2/c1-17-5-3-6-18(15-17)23(30)25-19(8-14-33-2)24(31)29-11-9-28(10-12-29)16-21-26-22(27-32-21)20-7-4-13-34-20/h3-7,13,15,19H,8-12,14,16H2,1-2H3,(H,25,30). The molecule has 1 aromatic carbocycles. The Morgan fingerprint density at radius 3 is 2.74 bits per heavy atom. The van der Waals surface area contributed by atoms with Crippen molar-refractivity contribution in [3.8, 4) is 10.7 Å². The van der Waals surface area contributed by atoms with Gasteiger partial charge in [-0.1, -0.05) is 28.9 Å². The fourth-order valence-corrected chi connectivity index (χ4v) is 5.00. The average Bonchev–Trinajstić information content (AvgIpc) is 3.54. The van der Waals surface area contributed by atoms with E-state index in [0.717, 1.165) is 16.2 Å². The molecule has 3 aromatic rings. The Hall–Kier alpha value is -2.69. The van der Waals surface area contributed by atoms with Gasteiger partial charge in [0.1, 0.15) is 6.04 Å². The highest BCUT2D eigenvalue weighted by atomic mass is 32.2.